The van der Waals surface area contributed by atoms with Gasteiger partial charge in [0.25, 0.3) is 0 Å². The van der Waals surface area contributed by atoms with E-state index in [-0.39, 0.29) is 5.79 Å². The second kappa shape index (κ2) is 4.80. The summed E-state index contributed by atoms with van der Waals surface area (Å²) in [5.74, 6) is 0.752. The van der Waals surface area contributed by atoms with E-state index >= 15 is 0 Å². The highest BCUT2D eigenvalue weighted by molar-refractivity contribution is 4.98. The summed E-state index contributed by atoms with van der Waals surface area (Å²) in [6, 6.07) is 4.48. The summed E-state index contributed by atoms with van der Waals surface area (Å²) >= 11 is 0. The van der Waals surface area contributed by atoms with E-state index in [0.717, 1.165) is 51.2 Å². The van der Waals surface area contributed by atoms with Gasteiger partial charge in [-0.2, -0.15) is 0 Å². The maximum Gasteiger partial charge on any atom is 0.168 e. The third-order valence-electron chi connectivity index (χ3n) is 3.71. The second-order valence-electron chi connectivity index (χ2n) is 4.84. The van der Waals surface area contributed by atoms with Crippen LogP contribution >= 0.6 is 0 Å². The molecule has 2 fully saturated rings. The van der Waals surface area contributed by atoms with E-state index in [2.05, 4.69) is 5.32 Å². The van der Waals surface area contributed by atoms with E-state index < -0.39 is 0 Å². The molecule has 0 unspecified atom stereocenters. The Labute approximate surface area is 101 Å². The van der Waals surface area contributed by atoms with Crippen molar-refractivity contribution in [2.45, 2.75) is 44.1 Å². The number of ether oxygens (including phenoxy) is 2. The molecule has 94 valence electrons. The maximum atomic E-state index is 5.71. The predicted octanol–water partition coefficient (Wildman–Crippen LogP) is 2.05. The van der Waals surface area contributed by atoms with Gasteiger partial charge < -0.3 is 19.2 Å². The zero-order valence-electron chi connectivity index (χ0n) is 9.98. The van der Waals surface area contributed by atoms with Crippen LogP contribution in [0.25, 0.3) is 0 Å². The molecule has 1 aliphatic carbocycles. The molecule has 1 aromatic heterocycles. The minimum atomic E-state index is -0.247. The van der Waals surface area contributed by atoms with Crippen LogP contribution in [0.3, 0.4) is 0 Å². The van der Waals surface area contributed by atoms with Crippen LogP contribution < -0.4 is 5.32 Å². The van der Waals surface area contributed by atoms with Gasteiger partial charge in [-0.3, -0.25) is 0 Å². The average molecular weight is 237 g/mol. The lowest BCUT2D eigenvalue weighted by Crippen LogP contribution is -2.41. The molecule has 17 heavy (non-hydrogen) atoms. The van der Waals surface area contributed by atoms with Crippen LogP contribution in [0.1, 0.15) is 31.4 Å². The van der Waals surface area contributed by atoms with Crippen molar-refractivity contribution in [2.75, 3.05) is 13.2 Å². The van der Waals surface area contributed by atoms with Crippen LogP contribution in [-0.4, -0.2) is 25.0 Å². The number of nitrogens with one attached hydrogen (secondary N) is 1. The molecule has 4 heteroatoms. The fraction of sp³-hybridized carbons (Fsp3) is 0.692. The van der Waals surface area contributed by atoms with Crippen molar-refractivity contribution in [1.29, 1.82) is 0 Å². The van der Waals surface area contributed by atoms with Gasteiger partial charge in [0, 0.05) is 18.9 Å². The van der Waals surface area contributed by atoms with Gasteiger partial charge in [0.1, 0.15) is 5.76 Å². The van der Waals surface area contributed by atoms with E-state index in [4.69, 9.17) is 13.9 Å². The first kappa shape index (κ1) is 11.3. The first-order valence-electron chi connectivity index (χ1n) is 6.40. The van der Waals surface area contributed by atoms with Gasteiger partial charge in [0.15, 0.2) is 5.79 Å². The summed E-state index contributed by atoms with van der Waals surface area (Å²) in [6.07, 6.45) is 5.94. The first-order chi connectivity index (χ1) is 8.36. The lowest BCUT2D eigenvalue weighted by Gasteiger charge is -2.35. The normalized spacial score (nSPS) is 24.5. The summed E-state index contributed by atoms with van der Waals surface area (Å²) in [5, 5.41) is 3.53. The van der Waals surface area contributed by atoms with E-state index in [1.807, 2.05) is 12.1 Å². The first-order valence-corrected chi connectivity index (χ1v) is 6.40. The highest BCUT2D eigenvalue weighted by atomic mass is 16.7. The number of furan rings is 1. The van der Waals surface area contributed by atoms with Gasteiger partial charge in [-0.05, 0) is 25.0 Å². The van der Waals surface area contributed by atoms with Crippen LogP contribution in [0.15, 0.2) is 22.8 Å². The van der Waals surface area contributed by atoms with Crippen LogP contribution in [0.2, 0.25) is 0 Å². The van der Waals surface area contributed by atoms with E-state index in [0.29, 0.717) is 6.04 Å². The lowest BCUT2D eigenvalue weighted by atomic mass is 9.90. The van der Waals surface area contributed by atoms with Gasteiger partial charge in [0.05, 0.1) is 26.0 Å². The van der Waals surface area contributed by atoms with Crippen LogP contribution in [0, 0.1) is 0 Å². The average Bonchev–Trinajstić information content (AvgIpc) is 3.01. The Morgan fingerprint density at radius 3 is 2.65 bits per heavy atom. The largest absolute Gasteiger partial charge is 0.468 e. The Bertz CT molecular complexity index is 334. The van der Waals surface area contributed by atoms with Gasteiger partial charge in [0.2, 0.25) is 0 Å². The Morgan fingerprint density at radius 1 is 1.24 bits per heavy atom. The molecule has 4 nitrogen and oxygen atoms in total. The minimum absolute atomic E-state index is 0.247. The molecule has 0 amide bonds. The Balaban J connectivity index is 1.45. The van der Waals surface area contributed by atoms with Crippen molar-refractivity contribution in [2.24, 2.45) is 0 Å². The summed E-state index contributed by atoms with van der Waals surface area (Å²) < 4.78 is 16.7. The molecule has 2 heterocycles. The van der Waals surface area contributed by atoms with Crippen molar-refractivity contribution < 1.29 is 13.9 Å². The summed E-state index contributed by atoms with van der Waals surface area (Å²) in [7, 11) is 0. The minimum Gasteiger partial charge on any atom is -0.468 e. The molecule has 1 spiro atoms. The molecule has 1 saturated carbocycles. The van der Waals surface area contributed by atoms with Crippen LogP contribution in [0.4, 0.5) is 0 Å². The molecule has 0 bridgehead atoms. The predicted molar refractivity (Wildman–Crippen MR) is 62.4 cm³/mol. The highest BCUT2D eigenvalue weighted by Gasteiger charge is 2.40. The van der Waals surface area contributed by atoms with Crippen molar-refractivity contribution in [3.8, 4) is 0 Å². The van der Waals surface area contributed by atoms with Crippen molar-refractivity contribution in [3.63, 3.8) is 0 Å². The van der Waals surface area contributed by atoms with Gasteiger partial charge in [-0.1, -0.05) is 0 Å². The van der Waals surface area contributed by atoms with Crippen LogP contribution in [0.5, 0.6) is 0 Å². The monoisotopic (exact) mass is 237 g/mol. The molecule has 3 rings (SSSR count). The standard InChI is InChI=1S/C13H19NO3/c1-2-12(15-7-1)10-14-11-3-5-13(6-4-11)16-8-9-17-13/h1-2,7,11,14H,3-6,8-10H2. The van der Waals surface area contributed by atoms with E-state index in [1.54, 1.807) is 6.26 Å². The number of rotatable bonds is 3. The third-order valence-corrected chi connectivity index (χ3v) is 3.71. The lowest BCUT2D eigenvalue weighted by molar-refractivity contribution is -0.179. The van der Waals surface area contributed by atoms with Crippen LogP contribution in [-0.2, 0) is 16.0 Å². The molecular weight excluding hydrogens is 218 g/mol. The van der Waals surface area contributed by atoms with Gasteiger partial charge in [-0.25, -0.2) is 0 Å². The smallest absolute Gasteiger partial charge is 0.168 e. The Hall–Kier alpha value is -0.840. The number of hydrogen-bond donors (Lipinski definition) is 1. The van der Waals surface area contributed by atoms with Crippen molar-refractivity contribution in [1.82, 2.24) is 5.32 Å². The number of hydrogen-bond acceptors (Lipinski definition) is 4. The second-order valence-corrected chi connectivity index (χ2v) is 4.84. The zero-order valence-corrected chi connectivity index (χ0v) is 9.98. The summed E-state index contributed by atoms with van der Waals surface area (Å²) in [5.41, 5.74) is 0. The summed E-state index contributed by atoms with van der Waals surface area (Å²) in [4.78, 5) is 0. The molecule has 0 radical (unpaired) electrons. The Kier molecular flexibility index (Phi) is 3.18. The maximum absolute atomic E-state index is 5.71. The molecule has 1 N–H and O–H groups in total. The SMILES string of the molecule is c1coc(CNC2CCC3(CC2)OCCO3)c1. The van der Waals surface area contributed by atoms with E-state index in [9.17, 15) is 0 Å². The molecule has 0 aromatic carbocycles. The van der Waals surface area contributed by atoms with Gasteiger partial charge in [-0.15, -0.1) is 0 Å². The molecular formula is C13H19NO3. The fourth-order valence-corrected chi connectivity index (χ4v) is 2.71. The quantitative estimate of drug-likeness (QED) is 0.874. The molecule has 1 saturated heterocycles. The Morgan fingerprint density at radius 2 is 2.00 bits per heavy atom. The molecule has 1 aromatic rings. The molecule has 2 aliphatic rings. The molecule has 0 atom stereocenters. The highest BCUT2D eigenvalue weighted by Crippen LogP contribution is 2.35. The summed E-state index contributed by atoms with van der Waals surface area (Å²) in [6.45, 7) is 2.32. The topological polar surface area (TPSA) is 43.6 Å². The van der Waals surface area contributed by atoms with Crippen molar-refractivity contribution >= 4 is 0 Å². The molecule has 1 aliphatic heterocycles. The fourth-order valence-electron chi connectivity index (χ4n) is 2.71. The van der Waals surface area contributed by atoms with E-state index in [1.165, 1.54) is 0 Å². The van der Waals surface area contributed by atoms with Crippen molar-refractivity contribution in [3.05, 3.63) is 24.2 Å². The van der Waals surface area contributed by atoms with Gasteiger partial charge >= 0.3 is 0 Å². The zero-order chi connectivity index (χ0) is 11.6. The third kappa shape index (κ3) is 2.54.